The Balaban J connectivity index is 2.00. The predicted octanol–water partition coefficient (Wildman–Crippen LogP) is 4.19. The summed E-state index contributed by atoms with van der Waals surface area (Å²) < 4.78 is 0. The van der Waals surface area contributed by atoms with E-state index >= 15 is 0 Å². The first-order chi connectivity index (χ1) is 11.5. The number of rotatable bonds is 4. The Bertz CT molecular complexity index is 680. The first-order valence-electron chi connectivity index (χ1n) is 8.64. The molecule has 1 unspecified atom stereocenters. The van der Waals surface area contributed by atoms with Crippen LogP contribution in [-0.2, 0) is 4.79 Å². The Labute approximate surface area is 143 Å². The Morgan fingerprint density at radius 2 is 1.67 bits per heavy atom. The Hall–Kier alpha value is -2.13. The van der Waals surface area contributed by atoms with E-state index in [-0.39, 0.29) is 12.0 Å². The van der Waals surface area contributed by atoms with E-state index in [0.29, 0.717) is 6.54 Å². The van der Waals surface area contributed by atoms with E-state index < -0.39 is 5.97 Å². The SMILES string of the molecule is Cc1cccc(C(c2cccc(C)c2)N2CCCC(C(=O)O)C2)c1. The molecule has 1 saturated heterocycles. The number of hydrogen-bond acceptors (Lipinski definition) is 2. The number of benzene rings is 2. The highest BCUT2D eigenvalue weighted by Gasteiger charge is 2.31. The molecule has 2 aromatic carbocycles. The molecule has 2 aromatic rings. The van der Waals surface area contributed by atoms with Crippen molar-refractivity contribution in [1.29, 1.82) is 0 Å². The van der Waals surface area contributed by atoms with Gasteiger partial charge in [-0.2, -0.15) is 0 Å². The van der Waals surface area contributed by atoms with Gasteiger partial charge >= 0.3 is 5.97 Å². The fraction of sp³-hybridized carbons (Fsp3) is 0.381. The molecule has 3 rings (SSSR count). The van der Waals surface area contributed by atoms with Crippen LogP contribution < -0.4 is 0 Å². The summed E-state index contributed by atoms with van der Waals surface area (Å²) in [5.41, 5.74) is 4.95. The second-order valence-electron chi connectivity index (χ2n) is 6.90. The Morgan fingerprint density at radius 3 is 2.17 bits per heavy atom. The lowest BCUT2D eigenvalue weighted by molar-refractivity contribution is -0.143. The van der Waals surface area contributed by atoms with Gasteiger partial charge in [0.15, 0.2) is 0 Å². The topological polar surface area (TPSA) is 40.5 Å². The summed E-state index contributed by atoms with van der Waals surface area (Å²) >= 11 is 0. The highest BCUT2D eigenvalue weighted by molar-refractivity contribution is 5.70. The minimum atomic E-state index is -0.674. The molecule has 0 spiro atoms. The first kappa shape index (κ1) is 16.7. The van der Waals surface area contributed by atoms with Crippen LogP contribution in [0.1, 0.15) is 41.1 Å². The number of nitrogens with zero attached hydrogens (tertiary/aromatic N) is 1. The maximum absolute atomic E-state index is 11.5. The molecule has 1 atom stereocenters. The summed E-state index contributed by atoms with van der Waals surface area (Å²) in [6.07, 6.45) is 1.71. The van der Waals surface area contributed by atoms with Gasteiger partial charge in [0.1, 0.15) is 0 Å². The monoisotopic (exact) mass is 323 g/mol. The zero-order valence-corrected chi connectivity index (χ0v) is 14.4. The van der Waals surface area contributed by atoms with Crippen molar-refractivity contribution >= 4 is 5.97 Å². The fourth-order valence-electron chi connectivity index (χ4n) is 3.74. The molecule has 126 valence electrons. The molecule has 1 fully saturated rings. The van der Waals surface area contributed by atoms with Crippen LogP contribution in [-0.4, -0.2) is 29.1 Å². The standard InChI is InChI=1S/C21H25NO2/c1-15-6-3-8-17(12-15)20(18-9-4-7-16(2)13-18)22-11-5-10-19(14-22)21(23)24/h3-4,6-9,12-13,19-20H,5,10-11,14H2,1-2H3,(H,23,24). The van der Waals surface area contributed by atoms with Crippen molar-refractivity contribution in [2.75, 3.05) is 13.1 Å². The number of aliphatic carboxylic acids is 1. The van der Waals surface area contributed by atoms with Gasteiger partial charge in [-0.15, -0.1) is 0 Å². The van der Waals surface area contributed by atoms with Gasteiger partial charge in [0, 0.05) is 6.54 Å². The molecule has 0 aliphatic carbocycles. The van der Waals surface area contributed by atoms with Crippen LogP contribution in [0.5, 0.6) is 0 Å². The molecule has 3 heteroatoms. The maximum atomic E-state index is 11.5. The summed E-state index contributed by atoms with van der Waals surface area (Å²) in [4.78, 5) is 13.8. The molecular formula is C21H25NO2. The van der Waals surface area contributed by atoms with Gasteiger partial charge in [-0.25, -0.2) is 0 Å². The van der Waals surface area contributed by atoms with Crippen LogP contribution in [0.3, 0.4) is 0 Å². The molecule has 1 aliphatic heterocycles. The molecule has 0 radical (unpaired) electrons. The van der Waals surface area contributed by atoms with Crippen LogP contribution in [0, 0.1) is 19.8 Å². The van der Waals surface area contributed by atoms with Gasteiger partial charge in [0.25, 0.3) is 0 Å². The summed E-state index contributed by atoms with van der Waals surface area (Å²) in [7, 11) is 0. The molecule has 0 saturated carbocycles. The summed E-state index contributed by atoms with van der Waals surface area (Å²) in [6, 6.07) is 17.3. The zero-order chi connectivity index (χ0) is 17.1. The Morgan fingerprint density at radius 1 is 1.08 bits per heavy atom. The van der Waals surface area contributed by atoms with Crippen LogP contribution in [0.2, 0.25) is 0 Å². The second-order valence-corrected chi connectivity index (χ2v) is 6.90. The van der Waals surface area contributed by atoms with Gasteiger partial charge in [-0.05, 0) is 44.4 Å². The van der Waals surface area contributed by atoms with E-state index in [2.05, 4.69) is 67.3 Å². The Kier molecular flexibility index (Phi) is 5.00. The average molecular weight is 323 g/mol. The highest BCUT2D eigenvalue weighted by Crippen LogP contribution is 2.33. The minimum absolute atomic E-state index is 0.118. The van der Waals surface area contributed by atoms with Crippen molar-refractivity contribution in [2.45, 2.75) is 32.7 Å². The van der Waals surface area contributed by atoms with Crippen molar-refractivity contribution in [3.05, 3.63) is 70.8 Å². The molecule has 1 heterocycles. The van der Waals surface area contributed by atoms with Crippen LogP contribution in [0.25, 0.3) is 0 Å². The lowest BCUT2D eigenvalue weighted by atomic mass is 9.90. The number of piperidine rings is 1. The van der Waals surface area contributed by atoms with Crippen molar-refractivity contribution in [2.24, 2.45) is 5.92 Å². The maximum Gasteiger partial charge on any atom is 0.307 e. The molecule has 3 nitrogen and oxygen atoms in total. The largest absolute Gasteiger partial charge is 0.481 e. The van der Waals surface area contributed by atoms with Crippen LogP contribution in [0.4, 0.5) is 0 Å². The smallest absolute Gasteiger partial charge is 0.307 e. The zero-order valence-electron chi connectivity index (χ0n) is 14.4. The van der Waals surface area contributed by atoms with E-state index in [1.807, 2.05) is 0 Å². The number of aryl methyl sites for hydroxylation is 2. The van der Waals surface area contributed by atoms with Crippen molar-refractivity contribution in [3.63, 3.8) is 0 Å². The normalized spacial score (nSPS) is 18.7. The first-order valence-corrected chi connectivity index (χ1v) is 8.64. The number of likely N-dealkylation sites (tertiary alicyclic amines) is 1. The number of hydrogen-bond donors (Lipinski definition) is 1. The van der Waals surface area contributed by atoms with Crippen molar-refractivity contribution in [1.82, 2.24) is 4.90 Å². The number of carboxylic acid groups (broad SMARTS) is 1. The molecular weight excluding hydrogens is 298 g/mol. The molecule has 0 amide bonds. The predicted molar refractivity (Wildman–Crippen MR) is 96.1 cm³/mol. The molecule has 24 heavy (non-hydrogen) atoms. The van der Waals surface area contributed by atoms with Crippen LogP contribution >= 0.6 is 0 Å². The minimum Gasteiger partial charge on any atom is -0.481 e. The van der Waals surface area contributed by atoms with Gasteiger partial charge in [-0.1, -0.05) is 59.7 Å². The van der Waals surface area contributed by atoms with Crippen LogP contribution in [0.15, 0.2) is 48.5 Å². The summed E-state index contributed by atoms with van der Waals surface area (Å²) in [6.45, 7) is 5.76. The van der Waals surface area contributed by atoms with E-state index in [1.54, 1.807) is 0 Å². The van der Waals surface area contributed by atoms with Gasteiger partial charge in [0.05, 0.1) is 12.0 Å². The average Bonchev–Trinajstić information content (AvgIpc) is 2.55. The number of carbonyl (C=O) groups is 1. The fourth-order valence-corrected chi connectivity index (χ4v) is 3.74. The lowest BCUT2D eigenvalue weighted by Crippen LogP contribution is -2.41. The van der Waals surface area contributed by atoms with Crippen molar-refractivity contribution in [3.8, 4) is 0 Å². The third-order valence-corrected chi connectivity index (χ3v) is 4.88. The summed E-state index contributed by atoms with van der Waals surface area (Å²) in [5, 5.41) is 9.44. The number of carboxylic acids is 1. The van der Waals surface area contributed by atoms with Gasteiger partial charge < -0.3 is 5.11 Å². The second kappa shape index (κ2) is 7.18. The van der Waals surface area contributed by atoms with E-state index in [4.69, 9.17) is 0 Å². The van der Waals surface area contributed by atoms with Gasteiger partial charge in [-0.3, -0.25) is 9.69 Å². The molecule has 0 aromatic heterocycles. The third kappa shape index (κ3) is 3.68. The van der Waals surface area contributed by atoms with E-state index in [9.17, 15) is 9.90 Å². The van der Waals surface area contributed by atoms with Gasteiger partial charge in [0.2, 0.25) is 0 Å². The third-order valence-electron chi connectivity index (χ3n) is 4.88. The van der Waals surface area contributed by atoms with Crippen molar-refractivity contribution < 1.29 is 9.90 Å². The molecule has 0 bridgehead atoms. The lowest BCUT2D eigenvalue weighted by Gasteiger charge is -2.37. The highest BCUT2D eigenvalue weighted by atomic mass is 16.4. The van der Waals surface area contributed by atoms with E-state index in [1.165, 1.54) is 22.3 Å². The molecule has 1 aliphatic rings. The quantitative estimate of drug-likeness (QED) is 0.917. The molecule has 1 N–H and O–H groups in total. The van der Waals surface area contributed by atoms with E-state index in [0.717, 1.165) is 19.4 Å². The summed E-state index contributed by atoms with van der Waals surface area (Å²) in [5.74, 6) is -0.942.